The van der Waals surface area contributed by atoms with Crippen molar-refractivity contribution in [3.63, 3.8) is 0 Å². The third-order valence-electron chi connectivity index (χ3n) is 18.5. The highest BCUT2D eigenvalue weighted by Gasteiger charge is 2.45. The van der Waals surface area contributed by atoms with Gasteiger partial charge in [-0.2, -0.15) is 9.97 Å². The molecule has 37 nitrogen and oxygen atoms in total. The van der Waals surface area contributed by atoms with Gasteiger partial charge in [0.15, 0.2) is 40.3 Å². The Kier molecular flexibility index (Phi) is 22.5. The van der Waals surface area contributed by atoms with Crippen LogP contribution in [0.5, 0.6) is 0 Å². The van der Waals surface area contributed by atoms with E-state index in [0.717, 1.165) is 0 Å². The molecule has 6 N–H and O–H groups in total. The van der Waals surface area contributed by atoms with E-state index in [2.05, 4.69) is 75.0 Å². The monoisotopic (exact) mass is 1540 g/mol. The van der Waals surface area contributed by atoms with Crippen LogP contribution >= 0.6 is 22.6 Å². The van der Waals surface area contributed by atoms with Gasteiger partial charge in [-0.1, -0.05) is 68.4 Å². The molecule has 11 heterocycles. The van der Waals surface area contributed by atoms with E-state index < -0.39 is 95.4 Å². The highest BCUT2D eigenvalue weighted by molar-refractivity contribution is 7.56. The molecule has 0 radical (unpaired) electrons. The minimum Gasteiger partial charge on any atom is -0.459 e. The number of carbonyl (C=O) groups excluding carboxylic acids is 3. The molecule has 0 bridgehead atoms. The van der Waals surface area contributed by atoms with Gasteiger partial charge >= 0.3 is 11.7 Å². The van der Waals surface area contributed by atoms with E-state index in [1.165, 1.54) is 62.1 Å². The third-order valence-corrected chi connectivity index (χ3v) is 24.5. The van der Waals surface area contributed by atoms with Crippen molar-refractivity contribution in [3.05, 3.63) is 168 Å². The molecule has 3 aromatic carbocycles. The molecule has 4 saturated heterocycles. The van der Waals surface area contributed by atoms with Gasteiger partial charge in [0.05, 0.1) is 88.0 Å². The van der Waals surface area contributed by atoms with Gasteiger partial charge < -0.3 is 64.3 Å². The Morgan fingerprint density at radius 3 is 1.57 bits per heavy atom. The van der Waals surface area contributed by atoms with E-state index in [0.29, 0.717) is 57.2 Å². The fourth-order valence-corrected chi connectivity index (χ4v) is 17.4. The first-order valence-electron chi connectivity index (χ1n) is 34.8. The average Bonchev–Trinajstić information content (AvgIpc) is 1.59. The lowest BCUT2D eigenvalue weighted by atomic mass is 10.2. The number of hydrogen-bond donors (Lipinski definition) is 5. The van der Waals surface area contributed by atoms with Crippen LogP contribution in [0.3, 0.4) is 0 Å². The topological polar surface area (TPSA) is 426 Å². The van der Waals surface area contributed by atoms with Gasteiger partial charge in [0.2, 0.25) is 5.95 Å². The van der Waals surface area contributed by atoms with Crippen molar-refractivity contribution in [2.24, 2.45) is 5.92 Å². The van der Waals surface area contributed by atoms with Crippen molar-refractivity contribution >= 4 is 97.2 Å². The Balaban J connectivity index is 0.701. The first-order valence-corrected chi connectivity index (χ1v) is 40.9. The highest BCUT2D eigenvalue weighted by atomic mass is 31.2. The maximum Gasteiger partial charge on any atom is 0.351 e. The molecule has 40 heteroatoms. The van der Waals surface area contributed by atoms with Crippen LogP contribution in [-0.4, -0.2) is 230 Å². The van der Waals surface area contributed by atoms with E-state index in [4.69, 9.17) is 53.0 Å². The Bertz CT molecular complexity index is 5120. The quantitative estimate of drug-likeness (QED) is 0.0278. The Labute approximate surface area is 618 Å². The molecule has 0 saturated carbocycles. The van der Waals surface area contributed by atoms with Crippen molar-refractivity contribution in [2.75, 3.05) is 127 Å². The number of nitrogens with one attached hydrogen (secondary N) is 4. The van der Waals surface area contributed by atoms with Gasteiger partial charge in [-0.3, -0.25) is 41.6 Å². The molecule has 14 rings (SSSR count). The number of hydrogen-bond acceptors (Lipinski definition) is 28. The van der Waals surface area contributed by atoms with Gasteiger partial charge in [0, 0.05) is 76.6 Å². The van der Waals surface area contributed by atoms with Gasteiger partial charge in [0.25, 0.3) is 34.4 Å². The first-order chi connectivity index (χ1) is 52.0. The number of benzene rings is 3. The second-order valence-electron chi connectivity index (χ2n) is 26.9. The Morgan fingerprint density at radius 2 is 1.02 bits per heavy atom. The summed E-state index contributed by atoms with van der Waals surface area (Å²) in [6.07, 6.45) is 1.31. The van der Waals surface area contributed by atoms with Crippen molar-refractivity contribution in [1.29, 1.82) is 0 Å². The number of amides is 2. The fraction of sp³-hybridized carbons (Fsp3) is 0.412. The number of fused-ring (bicyclic) bond motifs is 3. The minimum absolute atomic E-state index is 0.0189. The summed E-state index contributed by atoms with van der Waals surface area (Å²) >= 11 is 0. The maximum absolute atomic E-state index is 15.7. The molecule has 4 fully saturated rings. The fourth-order valence-electron chi connectivity index (χ4n) is 12.8. The van der Waals surface area contributed by atoms with Gasteiger partial charge in [-0.05, 0) is 55.3 Å². The summed E-state index contributed by atoms with van der Waals surface area (Å²) in [7, 11) is -11.8. The summed E-state index contributed by atoms with van der Waals surface area (Å²) in [5.41, 5.74) is 9.32. The van der Waals surface area contributed by atoms with Gasteiger partial charge in [0.1, 0.15) is 60.9 Å². The lowest BCUT2D eigenvalue weighted by Crippen LogP contribution is -2.48. The predicted octanol–water partition coefficient (Wildman–Crippen LogP) is 6.69. The predicted molar refractivity (Wildman–Crippen MR) is 394 cm³/mol. The van der Waals surface area contributed by atoms with Gasteiger partial charge in [-0.15, -0.1) is 0 Å². The molecular formula is C68H81N22O15P3. The highest BCUT2D eigenvalue weighted by Crippen LogP contribution is 2.54. The third kappa shape index (κ3) is 17.1. The summed E-state index contributed by atoms with van der Waals surface area (Å²) in [6, 6.07) is 27.1. The normalized spacial score (nSPS) is 22.8. The molecule has 4 aliphatic rings. The summed E-state index contributed by atoms with van der Waals surface area (Å²) < 4.78 is 110. The molecule has 2 unspecified atom stereocenters. The number of anilines is 4. The molecule has 0 aliphatic carbocycles. The Morgan fingerprint density at radius 1 is 0.537 bits per heavy atom. The standard InChI is InChI=1S/C68H81N22O15P3/c1-42(2)24-71-67-79-43(3)56-63(83-67)90(39-76-56)55-32-86(29-50(105-55)36-100-107(5,96)84-27-48(33-98-66(93)46-20-14-9-15-21-46)103-54(31-84)89-41-78-58-60(73-38-75-62(58)89)82-65(92)45-18-12-8-13-19-45)108(6,97)101-35-49-28-85(30-53(104-49)88-40-77-57-59(69)72-37-74-61(57)88)106(4,95)99-34-47-25-70-26-52(102-47)87-23-22-51(81-68(87)94)80-64(91)44-16-10-7-11-17-44/h7-23,37-42,47-50,52-55,70H,24-36H2,1-6H3,(H2,69,72,74)(H,71,79,83)(H,73,75,82,92)(H,80,81,91,94)/t47?,48-,49?,50-,52+,53+,54+,55+,106-,107-,108-/m0/s1. The van der Waals surface area contributed by atoms with Crippen molar-refractivity contribution in [1.82, 2.24) is 87.4 Å². The number of aromatic nitrogens is 14. The largest absolute Gasteiger partial charge is 0.459 e. The molecule has 0 spiro atoms. The molecular weight excluding hydrogens is 1460 g/mol. The number of nitrogens with two attached hydrogens (primary N) is 1. The molecule has 4 aliphatic heterocycles. The maximum atomic E-state index is 15.7. The lowest BCUT2D eigenvalue weighted by Gasteiger charge is -2.43. The average molecular weight is 1540 g/mol. The van der Waals surface area contributed by atoms with E-state index in [-0.39, 0.29) is 113 Å². The van der Waals surface area contributed by atoms with Crippen LogP contribution in [0, 0.1) is 12.8 Å². The Hall–Kier alpha value is -9.55. The molecule has 568 valence electrons. The number of ether oxygens (including phenoxy) is 5. The van der Waals surface area contributed by atoms with Crippen LogP contribution in [0.2, 0.25) is 0 Å². The summed E-state index contributed by atoms with van der Waals surface area (Å²) in [4.78, 5) is 97.9. The molecule has 108 heavy (non-hydrogen) atoms. The molecule has 2 amide bonds. The van der Waals surface area contributed by atoms with E-state index >= 15 is 13.7 Å². The van der Waals surface area contributed by atoms with Crippen molar-refractivity contribution < 1.29 is 65.3 Å². The number of imidazole rings is 3. The summed E-state index contributed by atoms with van der Waals surface area (Å²) in [5.74, 6) is -0.524. The number of nitrogen functional groups attached to an aromatic ring is 1. The van der Waals surface area contributed by atoms with E-state index in [1.54, 1.807) is 125 Å². The SMILES string of the molecule is Cc1nc(NCC(C)C)nc2c1ncn2[C@H]1CN([P@@](C)(=O)OCC2CN([P@@](C)(=O)OCC3CNC[C@H](n4ccc(NC(=O)c5ccccc5)nc4=O)O3)C[C@H](n3cnc4c(N)ncnc43)O2)C[C@@H](CO[P@](C)(=O)N2C[C@@H](COC(=O)c3ccccc3)O[C@@H](n3cnc4c(NC(=O)c5ccccc5)ncnc43)C2)O1. The van der Waals surface area contributed by atoms with Crippen LogP contribution in [0.4, 0.5) is 23.4 Å². The lowest BCUT2D eigenvalue weighted by molar-refractivity contribution is -0.127. The van der Waals surface area contributed by atoms with Crippen LogP contribution in [0.25, 0.3) is 33.5 Å². The number of rotatable bonds is 26. The van der Waals surface area contributed by atoms with Crippen LogP contribution in [0.1, 0.15) is 75.5 Å². The second kappa shape index (κ2) is 32.3. The zero-order chi connectivity index (χ0) is 75.4. The zero-order valence-corrected chi connectivity index (χ0v) is 62.4. The summed E-state index contributed by atoms with van der Waals surface area (Å²) in [5, 5.41) is 12.0. The number of carbonyl (C=O) groups is 3. The van der Waals surface area contributed by atoms with Crippen molar-refractivity contribution in [3.8, 4) is 0 Å². The molecule has 10 aromatic rings. The first kappa shape index (κ1) is 75.3. The minimum atomic E-state index is -3.99. The molecule has 11 atom stereocenters. The van der Waals surface area contributed by atoms with Gasteiger partial charge in [-0.25, -0.2) is 63.5 Å². The van der Waals surface area contributed by atoms with Crippen LogP contribution < -0.4 is 32.7 Å². The van der Waals surface area contributed by atoms with E-state index in [9.17, 15) is 19.2 Å². The van der Waals surface area contributed by atoms with Crippen LogP contribution in [0.15, 0.2) is 140 Å². The van der Waals surface area contributed by atoms with Crippen molar-refractivity contribution in [2.45, 2.75) is 70.1 Å². The number of nitrogens with zero attached hydrogens (tertiary/aromatic N) is 17. The van der Waals surface area contributed by atoms with E-state index in [1.807, 2.05) is 6.92 Å². The zero-order valence-electron chi connectivity index (χ0n) is 59.7. The summed E-state index contributed by atoms with van der Waals surface area (Å²) in [6.45, 7) is 10.0. The number of esters is 1. The number of morpholine rings is 4. The second-order valence-corrected chi connectivity index (χ2v) is 34.2. The molecule has 7 aromatic heterocycles. The smallest absolute Gasteiger partial charge is 0.351 e. The number of aryl methyl sites for hydroxylation is 1. The van der Waals surface area contributed by atoms with Crippen LogP contribution in [-0.2, 0) is 51.0 Å².